The van der Waals surface area contributed by atoms with Gasteiger partial charge in [0.2, 0.25) is 0 Å². The number of hydrogen-bond acceptors (Lipinski definition) is 5. The summed E-state index contributed by atoms with van der Waals surface area (Å²) < 4.78 is 5.67. The van der Waals surface area contributed by atoms with Gasteiger partial charge >= 0.3 is 0 Å². The minimum absolute atomic E-state index is 0.0448. The molecule has 0 atom stereocenters. The van der Waals surface area contributed by atoms with Gasteiger partial charge < -0.3 is 9.64 Å². The lowest BCUT2D eigenvalue weighted by atomic mass is 9.76. The molecular formula is C23H21NO4. The van der Waals surface area contributed by atoms with Crippen LogP contribution in [0.2, 0.25) is 0 Å². The van der Waals surface area contributed by atoms with Gasteiger partial charge in [0, 0.05) is 41.8 Å². The van der Waals surface area contributed by atoms with Crippen LogP contribution in [0.3, 0.4) is 0 Å². The number of carbonyl (C=O) groups excluding carboxylic acids is 3. The standard InChI is InChI=1S/C23H21NO4/c1-28-23-15-9-6-10-16(25)17(15)20(24-11-4-5-12-24)18-19(23)22(27)14-8-3-2-7-13(14)21(18)26/h2-3,7-8H,4-6,9-12H2,1H3. The average Bonchev–Trinajstić information content (AvgIpc) is 3.25. The van der Waals surface area contributed by atoms with E-state index in [1.807, 2.05) is 0 Å². The third kappa shape index (κ3) is 2.22. The molecule has 2 aromatic carbocycles. The molecule has 0 aromatic heterocycles. The van der Waals surface area contributed by atoms with Gasteiger partial charge in [0.05, 0.1) is 23.9 Å². The van der Waals surface area contributed by atoms with Gasteiger partial charge in [0.25, 0.3) is 0 Å². The molecule has 3 aliphatic rings. The topological polar surface area (TPSA) is 63.7 Å². The lowest BCUT2D eigenvalue weighted by Gasteiger charge is -2.32. The van der Waals surface area contributed by atoms with Crippen molar-refractivity contribution in [1.29, 1.82) is 0 Å². The van der Waals surface area contributed by atoms with E-state index in [4.69, 9.17) is 4.74 Å². The Balaban J connectivity index is 1.91. The number of anilines is 1. The third-order valence-corrected chi connectivity index (χ3v) is 6.13. The van der Waals surface area contributed by atoms with Crippen LogP contribution in [0.4, 0.5) is 5.69 Å². The molecule has 0 spiro atoms. The van der Waals surface area contributed by atoms with Crippen molar-refractivity contribution >= 4 is 23.0 Å². The molecule has 0 amide bonds. The van der Waals surface area contributed by atoms with E-state index in [1.54, 1.807) is 24.3 Å². The molecule has 2 aliphatic carbocycles. The van der Waals surface area contributed by atoms with E-state index in [-0.39, 0.29) is 17.3 Å². The Morgan fingerprint density at radius 2 is 1.46 bits per heavy atom. The lowest BCUT2D eigenvalue weighted by molar-refractivity contribution is 0.0963. The zero-order valence-corrected chi connectivity index (χ0v) is 15.8. The number of fused-ring (bicyclic) bond motifs is 3. The summed E-state index contributed by atoms with van der Waals surface area (Å²) in [6.45, 7) is 1.59. The SMILES string of the molecule is COc1c2c(c(N3CCCC3)c3c1C(=O)c1ccccc1C3=O)C(=O)CCC2. The molecule has 0 N–H and O–H groups in total. The first-order valence-corrected chi connectivity index (χ1v) is 9.87. The predicted molar refractivity (Wildman–Crippen MR) is 105 cm³/mol. The number of Topliss-reactive ketones (excluding diaryl/α,β-unsaturated/α-hetero) is 1. The minimum atomic E-state index is -0.191. The van der Waals surface area contributed by atoms with Crippen LogP contribution < -0.4 is 9.64 Å². The molecule has 2 aromatic rings. The quantitative estimate of drug-likeness (QED) is 0.685. The molecule has 5 rings (SSSR count). The molecule has 1 fully saturated rings. The Kier molecular flexibility index (Phi) is 3.86. The van der Waals surface area contributed by atoms with E-state index in [0.29, 0.717) is 52.1 Å². The highest BCUT2D eigenvalue weighted by Crippen LogP contribution is 2.47. The highest BCUT2D eigenvalue weighted by molar-refractivity contribution is 6.32. The first-order chi connectivity index (χ1) is 13.6. The van der Waals surface area contributed by atoms with Crippen molar-refractivity contribution in [2.24, 2.45) is 0 Å². The van der Waals surface area contributed by atoms with Crippen LogP contribution in [0.5, 0.6) is 5.75 Å². The van der Waals surface area contributed by atoms with E-state index in [9.17, 15) is 14.4 Å². The van der Waals surface area contributed by atoms with Crippen molar-refractivity contribution in [2.75, 3.05) is 25.1 Å². The number of ether oxygens (including phenoxy) is 1. The largest absolute Gasteiger partial charge is 0.496 e. The monoisotopic (exact) mass is 375 g/mol. The summed E-state index contributed by atoms with van der Waals surface area (Å²) in [5, 5.41) is 0. The number of rotatable bonds is 2. The maximum Gasteiger partial charge on any atom is 0.198 e. The van der Waals surface area contributed by atoms with E-state index in [1.165, 1.54) is 7.11 Å². The second-order valence-electron chi connectivity index (χ2n) is 7.66. The zero-order valence-electron chi connectivity index (χ0n) is 15.8. The summed E-state index contributed by atoms with van der Waals surface area (Å²) in [5.74, 6) is 0.0760. The first-order valence-electron chi connectivity index (χ1n) is 9.87. The molecule has 0 unspecified atom stereocenters. The molecule has 1 saturated heterocycles. The predicted octanol–water partition coefficient (Wildman–Crippen LogP) is 3.59. The second-order valence-corrected chi connectivity index (χ2v) is 7.66. The molecule has 0 bridgehead atoms. The van der Waals surface area contributed by atoms with Crippen LogP contribution >= 0.6 is 0 Å². The molecule has 5 nitrogen and oxygen atoms in total. The summed E-state index contributed by atoms with van der Waals surface area (Å²) in [5.41, 5.74) is 3.57. The van der Waals surface area contributed by atoms with Crippen molar-refractivity contribution in [3.05, 3.63) is 57.6 Å². The number of hydrogen-bond donors (Lipinski definition) is 0. The van der Waals surface area contributed by atoms with Crippen LogP contribution in [-0.4, -0.2) is 37.5 Å². The fraction of sp³-hybridized carbons (Fsp3) is 0.348. The Hall–Kier alpha value is -2.95. The zero-order chi connectivity index (χ0) is 19.4. The van der Waals surface area contributed by atoms with Gasteiger partial charge in [-0.25, -0.2) is 0 Å². The molecule has 142 valence electrons. The summed E-state index contributed by atoms with van der Waals surface area (Å²) in [4.78, 5) is 42.1. The van der Waals surface area contributed by atoms with Gasteiger partial charge in [-0.2, -0.15) is 0 Å². The van der Waals surface area contributed by atoms with Crippen LogP contribution in [0.25, 0.3) is 0 Å². The molecule has 0 radical (unpaired) electrons. The van der Waals surface area contributed by atoms with Gasteiger partial charge in [-0.15, -0.1) is 0 Å². The van der Waals surface area contributed by atoms with E-state index in [0.717, 1.165) is 37.9 Å². The summed E-state index contributed by atoms with van der Waals surface area (Å²) in [7, 11) is 1.52. The molecule has 1 heterocycles. The van der Waals surface area contributed by atoms with E-state index < -0.39 is 0 Å². The number of methoxy groups -OCH3 is 1. The Morgan fingerprint density at radius 3 is 2.11 bits per heavy atom. The van der Waals surface area contributed by atoms with Crippen LogP contribution in [0.1, 0.15) is 73.4 Å². The highest BCUT2D eigenvalue weighted by Gasteiger charge is 2.41. The highest BCUT2D eigenvalue weighted by atomic mass is 16.5. The minimum Gasteiger partial charge on any atom is -0.496 e. The van der Waals surface area contributed by atoms with Crippen molar-refractivity contribution < 1.29 is 19.1 Å². The summed E-state index contributed by atoms with van der Waals surface area (Å²) in [6.07, 6.45) is 3.92. The van der Waals surface area contributed by atoms with Crippen molar-refractivity contribution in [2.45, 2.75) is 32.1 Å². The van der Waals surface area contributed by atoms with Gasteiger partial charge in [-0.05, 0) is 25.7 Å². The Bertz CT molecular complexity index is 1050. The molecule has 28 heavy (non-hydrogen) atoms. The van der Waals surface area contributed by atoms with Gasteiger partial charge in [0.15, 0.2) is 17.3 Å². The molecule has 0 saturated carbocycles. The number of carbonyl (C=O) groups is 3. The fourth-order valence-corrected chi connectivity index (χ4v) is 4.92. The summed E-state index contributed by atoms with van der Waals surface area (Å²) >= 11 is 0. The number of ketones is 3. The van der Waals surface area contributed by atoms with Crippen LogP contribution in [0, 0.1) is 0 Å². The Morgan fingerprint density at radius 1 is 0.821 bits per heavy atom. The summed E-state index contributed by atoms with van der Waals surface area (Å²) in [6, 6.07) is 6.92. The van der Waals surface area contributed by atoms with Gasteiger partial charge in [0.1, 0.15) is 5.75 Å². The average molecular weight is 375 g/mol. The first kappa shape index (κ1) is 17.2. The smallest absolute Gasteiger partial charge is 0.198 e. The molecule has 5 heteroatoms. The number of benzene rings is 2. The second kappa shape index (κ2) is 6.30. The van der Waals surface area contributed by atoms with E-state index >= 15 is 0 Å². The van der Waals surface area contributed by atoms with Gasteiger partial charge in [-0.3, -0.25) is 14.4 Å². The van der Waals surface area contributed by atoms with Crippen molar-refractivity contribution in [3.63, 3.8) is 0 Å². The maximum atomic E-state index is 13.5. The molecular weight excluding hydrogens is 354 g/mol. The third-order valence-electron chi connectivity index (χ3n) is 6.13. The van der Waals surface area contributed by atoms with Crippen LogP contribution in [0.15, 0.2) is 24.3 Å². The number of nitrogens with zero attached hydrogens (tertiary/aromatic N) is 1. The Labute approximate surface area is 163 Å². The normalized spacial score (nSPS) is 18.0. The fourth-order valence-electron chi connectivity index (χ4n) is 4.92. The van der Waals surface area contributed by atoms with E-state index in [2.05, 4.69) is 4.90 Å². The van der Waals surface area contributed by atoms with Crippen molar-refractivity contribution in [3.8, 4) is 5.75 Å². The van der Waals surface area contributed by atoms with Crippen molar-refractivity contribution in [1.82, 2.24) is 0 Å². The molecule has 1 aliphatic heterocycles. The lowest BCUT2D eigenvalue weighted by Crippen LogP contribution is -2.31. The van der Waals surface area contributed by atoms with Crippen LogP contribution in [-0.2, 0) is 6.42 Å². The maximum absolute atomic E-state index is 13.5. The van der Waals surface area contributed by atoms with Gasteiger partial charge in [-0.1, -0.05) is 24.3 Å².